The van der Waals surface area contributed by atoms with E-state index >= 15 is 0 Å². The zero-order chi connectivity index (χ0) is 12.6. The molecule has 9 heteroatoms. The summed E-state index contributed by atoms with van der Waals surface area (Å²) in [5, 5.41) is 16.5. The standard InChI is InChI=1S/C8H3ClF3N3O2/c9-6-2-1-4(3-5(6)8(10,11)12)15-13-7(16)17-14-15/h1-3H. The van der Waals surface area contributed by atoms with E-state index in [4.69, 9.17) is 11.6 Å². The number of hydrogen-bond donors (Lipinski definition) is 0. The van der Waals surface area contributed by atoms with Crippen molar-refractivity contribution in [2.45, 2.75) is 6.18 Å². The molecule has 1 aromatic heterocycles. The highest BCUT2D eigenvalue weighted by molar-refractivity contribution is 6.31. The van der Waals surface area contributed by atoms with Gasteiger partial charge < -0.3 is 9.63 Å². The van der Waals surface area contributed by atoms with Crippen LogP contribution in [0.4, 0.5) is 13.2 Å². The minimum absolute atomic E-state index is 0.0763. The molecular weight excluding hydrogens is 263 g/mol. The highest BCUT2D eigenvalue weighted by Crippen LogP contribution is 2.35. The molecule has 0 aliphatic heterocycles. The highest BCUT2D eigenvalue weighted by atomic mass is 35.5. The minimum Gasteiger partial charge on any atom is -0.523 e. The third-order valence-corrected chi connectivity index (χ3v) is 2.19. The lowest BCUT2D eigenvalue weighted by atomic mass is 10.2. The molecule has 0 spiro atoms. The van der Waals surface area contributed by atoms with Crippen molar-refractivity contribution in [3.05, 3.63) is 28.8 Å². The first-order valence-corrected chi connectivity index (χ1v) is 4.56. The Labute approximate surface area is 97.0 Å². The van der Waals surface area contributed by atoms with Gasteiger partial charge in [0.25, 0.3) is 5.69 Å². The predicted molar refractivity (Wildman–Crippen MR) is 45.3 cm³/mol. The van der Waals surface area contributed by atoms with Crippen molar-refractivity contribution >= 4 is 11.6 Å². The normalized spacial score (nSPS) is 11.8. The van der Waals surface area contributed by atoms with E-state index in [-0.39, 0.29) is 5.69 Å². The summed E-state index contributed by atoms with van der Waals surface area (Å²) in [6, 6.07) is 2.98. The first-order chi connectivity index (χ1) is 7.88. The largest absolute Gasteiger partial charge is 0.523 e. The summed E-state index contributed by atoms with van der Waals surface area (Å²) in [6.45, 7) is 0. The molecule has 0 bridgehead atoms. The van der Waals surface area contributed by atoms with Crippen LogP contribution in [0.2, 0.25) is 5.02 Å². The van der Waals surface area contributed by atoms with Crippen LogP contribution in [0.25, 0.3) is 5.69 Å². The first-order valence-electron chi connectivity index (χ1n) is 4.18. The van der Waals surface area contributed by atoms with Crippen molar-refractivity contribution in [3.8, 4) is 11.8 Å². The van der Waals surface area contributed by atoms with Gasteiger partial charge in [0.15, 0.2) is 0 Å². The number of nitrogens with zero attached hydrogens (tertiary/aromatic N) is 3. The first kappa shape index (κ1) is 11.6. The molecule has 0 fully saturated rings. The molecular formula is C8H3ClF3N3O2. The fourth-order valence-electron chi connectivity index (χ4n) is 1.15. The van der Waals surface area contributed by atoms with Gasteiger partial charge in [-0.3, -0.25) is 0 Å². The zero-order valence-electron chi connectivity index (χ0n) is 7.90. The minimum atomic E-state index is -4.60. The van der Waals surface area contributed by atoms with E-state index in [0.717, 1.165) is 12.1 Å². The molecule has 0 radical (unpaired) electrons. The Morgan fingerprint density at radius 3 is 2.59 bits per heavy atom. The monoisotopic (exact) mass is 265 g/mol. The van der Waals surface area contributed by atoms with Gasteiger partial charge >= 0.3 is 6.18 Å². The van der Waals surface area contributed by atoms with E-state index in [1.807, 2.05) is 0 Å². The number of halogens is 4. The Kier molecular flexibility index (Phi) is 2.66. The van der Waals surface area contributed by atoms with Gasteiger partial charge in [0, 0.05) is 12.1 Å². The average molecular weight is 266 g/mol. The smallest absolute Gasteiger partial charge is 0.418 e. The number of hydrogen-bond acceptors (Lipinski definition) is 4. The van der Waals surface area contributed by atoms with Crippen LogP contribution in [0.3, 0.4) is 0 Å². The highest BCUT2D eigenvalue weighted by Gasteiger charge is 2.35. The van der Waals surface area contributed by atoms with E-state index in [9.17, 15) is 18.3 Å². The molecule has 0 aliphatic rings. The molecule has 0 N–H and O–H groups in total. The van der Waals surface area contributed by atoms with E-state index in [2.05, 4.69) is 14.9 Å². The fraction of sp³-hybridized carbons (Fsp3) is 0.125. The van der Waals surface area contributed by atoms with Gasteiger partial charge in [0.1, 0.15) is 5.27 Å². The van der Waals surface area contributed by atoms with Crippen LogP contribution in [-0.2, 0) is 6.18 Å². The van der Waals surface area contributed by atoms with E-state index < -0.39 is 22.8 Å². The Morgan fingerprint density at radius 2 is 2.06 bits per heavy atom. The maximum absolute atomic E-state index is 12.5. The molecule has 5 nitrogen and oxygen atoms in total. The summed E-state index contributed by atoms with van der Waals surface area (Å²) in [7, 11) is 0. The van der Waals surface area contributed by atoms with Crippen LogP contribution < -0.4 is 9.90 Å². The van der Waals surface area contributed by atoms with Gasteiger partial charge in [-0.2, -0.15) is 13.2 Å². The van der Waals surface area contributed by atoms with Crippen LogP contribution in [0.5, 0.6) is 6.08 Å². The molecule has 90 valence electrons. The lowest BCUT2D eigenvalue weighted by Gasteiger charge is -2.07. The Hall–Kier alpha value is -1.83. The van der Waals surface area contributed by atoms with Crippen LogP contribution in [-0.4, -0.2) is 10.4 Å². The summed E-state index contributed by atoms with van der Waals surface area (Å²) >= 11 is 5.42. The van der Waals surface area contributed by atoms with Crippen molar-refractivity contribution < 1.29 is 27.6 Å². The maximum Gasteiger partial charge on any atom is 0.418 e. The van der Waals surface area contributed by atoms with Gasteiger partial charge in [0.2, 0.25) is 6.08 Å². The van der Waals surface area contributed by atoms with Gasteiger partial charge in [-0.15, -0.1) is 0 Å². The second-order valence-corrected chi connectivity index (χ2v) is 3.40. The van der Waals surface area contributed by atoms with E-state index in [0.29, 0.717) is 4.80 Å². The summed E-state index contributed by atoms with van der Waals surface area (Å²) in [5.41, 5.74) is -1.12. The van der Waals surface area contributed by atoms with Gasteiger partial charge in [-0.1, -0.05) is 11.6 Å². The summed E-state index contributed by atoms with van der Waals surface area (Å²) in [5.74, 6) is 0. The number of benzene rings is 1. The number of alkyl halides is 3. The Bertz CT molecular complexity index is 555. The van der Waals surface area contributed by atoms with Crippen molar-refractivity contribution in [1.82, 2.24) is 10.4 Å². The van der Waals surface area contributed by atoms with Crippen molar-refractivity contribution in [2.75, 3.05) is 0 Å². The third kappa shape index (κ3) is 2.31. The molecule has 0 aliphatic carbocycles. The van der Waals surface area contributed by atoms with Crippen molar-refractivity contribution in [1.29, 1.82) is 0 Å². The second kappa shape index (κ2) is 3.88. The molecule has 0 amide bonds. The lowest BCUT2D eigenvalue weighted by Crippen LogP contribution is -2.36. The third-order valence-electron chi connectivity index (χ3n) is 1.86. The molecule has 1 aromatic carbocycles. The zero-order valence-corrected chi connectivity index (χ0v) is 8.66. The quantitative estimate of drug-likeness (QED) is 0.724. The predicted octanol–water partition coefficient (Wildman–Crippen LogP) is 1.09. The number of aromatic nitrogens is 3. The molecule has 2 aromatic rings. The topological polar surface area (TPSA) is 65.9 Å². The van der Waals surface area contributed by atoms with E-state index in [1.165, 1.54) is 6.07 Å². The van der Waals surface area contributed by atoms with Crippen LogP contribution in [0.1, 0.15) is 5.56 Å². The Morgan fingerprint density at radius 1 is 1.35 bits per heavy atom. The lowest BCUT2D eigenvalue weighted by molar-refractivity contribution is -0.726. The molecule has 0 saturated heterocycles. The van der Waals surface area contributed by atoms with Gasteiger partial charge in [-0.05, 0) is 6.07 Å². The maximum atomic E-state index is 12.5. The second-order valence-electron chi connectivity index (χ2n) is 2.99. The summed E-state index contributed by atoms with van der Waals surface area (Å²) in [4.78, 5) is 0.647. The molecule has 0 unspecified atom stereocenters. The van der Waals surface area contributed by atoms with Crippen LogP contribution in [0, 0.1) is 0 Å². The molecule has 17 heavy (non-hydrogen) atoms. The van der Waals surface area contributed by atoms with Crippen molar-refractivity contribution in [3.63, 3.8) is 0 Å². The van der Waals surface area contributed by atoms with E-state index in [1.54, 1.807) is 0 Å². The number of rotatable bonds is 1. The summed E-state index contributed by atoms with van der Waals surface area (Å²) in [6.07, 6.45) is -5.61. The Balaban J connectivity index is 2.51. The SMILES string of the molecule is [O-]c1n[n+](-c2ccc(Cl)c(C(F)(F)F)c2)no1. The molecule has 1 heterocycles. The van der Waals surface area contributed by atoms with Crippen LogP contribution >= 0.6 is 11.6 Å². The van der Waals surface area contributed by atoms with Crippen molar-refractivity contribution in [2.24, 2.45) is 0 Å². The summed E-state index contributed by atoms with van der Waals surface area (Å²) < 4.78 is 41.7. The van der Waals surface area contributed by atoms with Gasteiger partial charge in [0.05, 0.1) is 20.5 Å². The molecule has 2 rings (SSSR count). The van der Waals surface area contributed by atoms with Gasteiger partial charge in [-0.25, -0.2) is 0 Å². The van der Waals surface area contributed by atoms with Crippen LogP contribution in [0.15, 0.2) is 22.7 Å². The fourth-order valence-corrected chi connectivity index (χ4v) is 1.37. The average Bonchev–Trinajstić information content (AvgIpc) is 2.64. The molecule has 0 atom stereocenters. The molecule has 0 saturated carbocycles.